The molecule has 0 amide bonds. The number of fused-ring (bicyclic) bond motifs is 9. The molecule has 0 spiro atoms. The molecule has 0 bridgehead atoms. The Balaban J connectivity index is 0.00000104. The molecule has 0 saturated heterocycles. The SMILES string of the molecule is CC.CC.CC1C=CC=C(c2cc(-c3ccccc3)nc(-n3c4c(c5ccc6ccccc6c53)-c3ccccc3N(c3ccccc3)c3ccccc3-4)c2)C1. The van der Waals surface area contributed by atoms with Gasteiger partial charge in [0.1, 0.15) is 5.82 Å². The van der Waals surface area contributed by atoms with Crippen LogP contribution in [0.5, 0.6) is 0 Å². The number of rotatable bonds is 4. The number of aromatic nitrogens is 2. The van der Waals surface area contributed by atoms with E-state index in [1.54, 1.807) is 0 Å². The predicted molar refractivity (Wildman–Crippen MR) is 237 cm³/mol. The minimum absolute atomic E-state index is 0.474. The largest absolute Gasteiger partial charge is 0.309 e. The number of anilines is 3. The first-order valence-corrected chi connectivity index (χ1v) is 19.8. The molecule has 3 heteroatoms. The molecule has 1 atom stereocenters. The molecule has 6 aromatic carbocycles. The third-order valence-electron chi connectivity index (χ3n) is 10.4. The summed E-state index contributed by atoms with van der Waals surface area (Å²) in [4.78, 5) is 7.98. The maximum atomic E-state index is 5.57. The van der Waals surface area contributed by atoms with Crippen LogP contribution < -0.4 is 4.90 Å². The van der Waals surface area contributed by atoms with Crippen LogP contribution in [0.15, 0.2) is 176 Å². The van der Waals surface area contributed by atoms with E-state index in [0.717, 1.165) is 51.8 Å². The van der Waals surface area contributed by atoms with Gasteiger partial charge in [0.05, 0.1) is 28.3 Å². The molecule has 270 valence electrons. The van der Waals surface area contributed by atoms with Crippen molar-refractivity contribution < 1.29 is 0 Å². The molecule has 2 aromatic heterocycles. The minimum atomic E-state index is 0.474. The van der Waals surface area contributed by atoms with Crippen LogP contribution in [0, 0.1) is 5.92 Å². The van der Waals surface area contributed by atoms with Crippen LogP contribution in [0.1, 0.15) is 46.6 Å². The molecule has 3 nitrogen and oxygen atoms in total. The number of allylic oxidation sites excluding steroid dienone is 4. The van der Waals surface area contributed by atoms with Crippen LogP contribution in [0.2, 0.25) is 0 Å². The summed E-state index contributed by atoms with van der Waals surface area (Å²) in [6.07, 6.45) is 7.77. The van der Waals surface area contributed by atoms with Crippen LogP contribution in [0.3, 0.4) is 0 Å². The molecule has 10 rings (SSSR count). The van der Waals surface area contributed by atoms with Gasteiger partial charge in [-0.2, -0.15) is 0 Å². The Hall–Kier alpha value is -6.45. The van der Waals surface area contributed by atoms with Crippen molar-refractivity contribution in [3.05, 3.63) is 182 Å². The molecule has 1 unspecified atom stereocenters. The molecule has 2 aliphatic rings. The van der Waals surface area contributed by atoms with E-state index in [0.29, 0.717) is 5.92 Å². The van der Waals surface area contributed by atoms with Crippen LogP contribution >= 0.6 is 0 Å². The van der Waals surface area contributed by atoms with E-state index in [1.807, 2.05) is 27.7 Å². The lowest BCUT2D eigenvalue weighted by Crippen LogP contribution is -2.11. The Morgan fingerprint density at radius 1 is 0.582 bits per heavy atom. The molecule has 0 N–H and O–H groups in total. The number of hydrogen-bond donors (Lipinski definition) is 0. The molecular weight excluding hydrogens is 667 g/mol. The maximum absolute atomic E-state index is 5.57. The molecular formula is C52H47N3. The van der Waals surface area contributed by atoms with Gasteiger partial charge in [-0.1, -0.05) is 174 Å². The van der Waals surface area contributed by atoms with Gasteiger partial charge in [0.15, 0.2) is 0 Å². The first-order chi connectivity index (χ1) is 27.2. The zero-order valence-electron chi connectivity index (χ0n) is 32.4. The number of para-hydroxylation sites is 3. The second-order valence-electron chi connectivity index (χ2n) is 13.7. The van der Waals surface area contributed by atoms with Crippen molar-refractivity contribution in [2.75, 3.05) is 4.90 Å². The fraction of sp³-hybridized carbons (Fsp3) is 0.135. The highest BCUT2D eigenvalue weighted by Crippen LogP contribution is 2.55. The standard InChI is InChI=1S/C48H35N3.2C2H6/c1-32-15-14-19-35(29-32)36-30-42(34-17-4-2-5-18-34)49-45(31-36)51-47-38-22-9-8-16-33(38)27-28-41(47)46-39-23-10-12-25-43(39)50(37-20-6-3-7-21-37)44-26-13-11-24-40(44)48(46)51;2*1-2/h2-28,30-32H,29H2,1H3;2*1-2H3. The molecule has 1 aliphatic carbocycles. The zero-order chi connectivity index (χ0) is 37.9. The van der Waals surface area contributed by atoms with Crippen molar-refractivity contribution in [3.63, 3.8) is 0 Å². The summed E-state index contributed by atoms with van der Waals surface area (Å²) in [6, 6.07) is 57.0. The zero-order valence-corrected chi connectivity index (χ0v) is 32.4. The van der Waals surface area contributed by atoms with E-state index in [9.17, 15) is 0 Å². The minimum Gasteiger partial charge on any atom is -0.309 e. The monoisotopic (exact) mass is 713 g/mol. The molecule has 0 saturated carbocycles. The topological polar surface area (TPSA) is 21.1 Å². The third-order valence-corrected chi connectivity index (χ3v) is 10.4. The van der Waals surface area contributed by atoms with Crippen molar-refractivity contribution in [2.24, 2.45) is 5.92 Å². The van der Waals surface area contributed by atoms with E-state index < -0.39 is 0 Å². The predicted octanol–water partition coefficient (Wildman–Crippen LogP) is 15.0. The number of nitrogens with zero attached hydrogens (tertiary/aromatic N) is 3. The van der Waals surface area contributed by atoms with Gasteiger partial charge in [0, 0.05) is 38.7 Å². The second-order valence-corrected chi connectivity index (χ2v) is 13.7. The van der Waals surface area contributed by atoms with E-state index >= 15 is 0 Å². The van der Waals surface area contributed by atoms with E-state index in [2.05, 4.69) is 192 Å². The lowest BCUT2D eigenvalue weighted by atomic mass is 9.91. The van der Waals surface area contributed by atoms with Gasteiger partial charge < -0.3 is 4.90 Å². The summed E-state index contributed by atoms with van der Waals surface area (Å²) in [7, 11) is 0. The Morgan fingerprint density at radius 2 is 1.22 bits per heavy atom. The Bertz CT molecular complexity index is 2680. The average Bonchev–Trinajstić information content (AvgIpc) is 3.55. The first kappa shape index (κ1) is 35.6. The molecule has 3 heterocycles. The van der Waals surface area contributed by atoms with Gasteiger partial charge in [0.25, 0.3) is 0 Å². The van der Waals surface area contributed by atoms with Crippen LogP contribution in [0.25, 0.3) is 66.7 Å². The first-order valence-electron chi connectivity index (χ1n) is 19.8. The Kier molecular flexibility index (Phi) is 10.0. The highest BCUT2D eigenvalue weighted by Gasteiger charge is 2.32. The number of pyridine rings is 1. The summed E-state index contributed by atoms with van der Waals surface area (Å²) >= 11 is 0. The van der Waals surface area contributed by atoms with Crippen LogP contribution in [-0.2, 0) is 0 Å². The van der Waals surface area contributed by atoms with Crippen molar-refractivity contribution in [3.8, 4) is 39.5 Å². The molecule has 0 fully saturated rings. The summed E-state index contributed by atoms with van der Waals surface area (Å²) < 4.78 is 2.47. The van der Waals surface area contributed by atoms with Crippen molar-refractivity contribution in [1.29, 1.82) is 0 Å². The summed E-state index contributed by atoms with van der Waals surface area (Å²) in [5, 5.41) is 3.63. The maximum Gasteiger partial charge on any atom is 0.138 e. The quantitative estimate of drug-likeness (QED) is 0.181. The van der Waals surface area contributed by atoms with Gasteiger partial charge in [0.2, 0.25) is 0 Å². The molecule has 0 radical (unpaired) electrons. The average molecular weight is 714 g/mol. The molecule has 8 aromatic rings. The Morgan fingerprint density at radius 3 is 1.96 bits per heavy atom. The van der Waals surface area contributed by atoms with Gasteiger partial charge >= 0.3 is 0 Å². The number of hydrogen-bond acceptors (Lipinski definition) is 2. The van der Waals surface area contributed by atoms with Gasteiger partial charge in [-0.25, -0.2) is 4.98 Å². The smallest absolute Gasteiger partial charge is 0.138 e. The van der Waals surface area contributed by atoms with E-state index in [-0.39, 0.29) is 0 Å². The van der Waals surface area contributed by atoms with E-state index in [1.165, 1.54) is 43.9 Å². The fourth-order valence-electron chi connectivity index (χ4n) is 8.17. The molecule has 55 heavy (non-hydrogen) atoms. The second kappa shape index (κ2) is 15.5. The van der Waals surface area contributed by atoms with Crippen LogP contribution in [-0.4, -0.2) is 9.55 Å². The van der Waals surface area contributed by atoms with Crippen molar-refractivity contribution in [2.45, 2.75) is 41.0 Å². The summed E-state index contributed by atoms with van der Waals surface area (Å²) in [5.74, 6) is 1.39. The summed E-state index contributed by atoms with van der Waals surface area (Å²) in [6.45, 7) is 10.3. The van der Waals surface area contributed by atoms with Crippen molar-refractivity contribution in [1.82, 2.24) is 9.55 Å². The van der Waals surface area contributed by atoms with Gasteiger partial charge in [-0.05, 0) is 65.3 Å². The van der Waals surface area contributed by atoms with Gasteiger partial charge in [-0.15, -0.1) is 0 Å². The van der Waals surface area contributed by atoms with Gasteiger partial charge in [-0.3, -0.25) is 4.57 Å². The summed E-state index contributed by atoms with van der Waals surface area (Å²) in [5.41, 5.74) is 13.9. The number of benzene rings is 6. The lowest BCUT2D eigenvalue weighted by Gasteiger charge is -2.27. The lowest BCUT2D eigenvalue weighted by molar-refractivity contribution is 0.748. The highest BCUT2D eigenvalue weighted by atomic mass is 15.2. The van der Waals surface area contributed by atoms with E-state index in [4.69, 9.17) is 4.98 Å². The fourth-order valence-corrected chi connectivity index (χ4v) is 8.17. The third kappa shape index (κ3) is 6.26. The molecule has 1 aliphatic heterocycles. The van der Waals surface area contributed by atoms with Crippen molar-refractivity contribution >= 4 is 44.3 Å². The van der Waals surface area contributed by atoms with Crippen LogP contribution in [0.4, 0.5) is 17.1 Å². The highest BCUT2D eigenvalue weighted by molar-refractivity contribution is 6.19. The normalized spacial score (nSPS) is 14.0. The Labute approximate surface area is 325 Å².